The van der Waals surface area contributed by atoms with Gasteiger partial charge in [-0.25, -0.2) is 0 Å². The normalized spacial score (nSPS) is 9.21. The number of carbonyl (C=O) groups is 1. The number of hydrogen-bond donors (Lipinski definition) is 1. The van der Waals surface area contributed by atoms with Gasteiger partial charge in [0.25, 0.3) is 0 Å². The van der Waals surface area contributed by atoms with Gasteiger partial charge in [0.1, 0.15) is 0 Å². The lowest BCUT2D eigenvalue weighted by Crippen LogP contribution is -2.21. The molecule has 0 aliphatic carbocycles. The number of Topliss-reactive ketones (excluding diaryl/α,β-unsaturated/α-hetero) is 1. The fraction of sp³-hybridized carbons (Fsp3) is 0.353. The smallest absolute Gasteiger partial charge is 0.181 e. The highest BCUT2D eigenvalue weighted by Crippen LogP contribution is 1.99. The fourth-order valence-corrected chi connectivity index (χ4v) is 1.20. The SMILES string of the molecule is C=C/C(=C\C)NCC(=O)c1ccccc1.CC.CC. The van der Waals surface area contributed by atoms with E-state index in [2.05, 4.69) is 11.9 Å². The van der Waals surface area contributed by atoms with Crippen molar-refractivity contribution in [2.75, 3.05) is 6.54 Å². The first-order valence-corrected chi connectivity index (χ1v) is 6.88. The van der Waals surface area contributed by atoms with Gasteiger partial charge in [-0.1, -0.05) is 70.7 Å². The van der Waals surface area contributed by atoms with Gasteiger partial charge < -0.3 is 5.32 Å². The van der Waals surface area contributed by atoms with E-state index >= 15 is 0 Å². The molecule has 0 atom stereocenters. The largest absolute Gasteiger partial charge is 0.378 e. The Morgan fingerprint density at radius 3 is 2.11 bits per heavy atom. The molecule has 2 heteroatoms. The molecule has 106 valence electrons. The average Bonchev–Trinajstić information content (AvgIpc) is 2.53. The van der Waals surface area contributed by atoms with Crippen LogP contribution in [0.3, 0.4) is 0 Å². The van der Waals surface area contributed by atoms with Gasteiger partial charge in [-0.05, 0) is 13.0 Å². The van der Waals surface area contributed by atoms with E-state index in [1.54, 1.807) is 6.08 Å². The lowest BCUT2D eigenvalue weighted by atomic mass is 10.1. The summed E-state index contributed by atoms with van der Waals surface area (Å²) in [6.45, 7) is 13.8. The van der Waals surface area contributed by atoms with Gasteiger partial charge in [-0.15, -0.1) is 0 Å². The number of rotatable bonds is 5. The maximum absolute atomic E-state index is 11.7. The molecule has 0 aromatic heterocycles. The van der Waals surface area contributed by atoms with Crippen LogP contribution in [-0.4, -0.2) is 12.3 Å². The van der Waals surface area contributed by atoms with Gasteiger partial charge in [0.05, 0.1) is 6.54 Å². The summed E-state index contributed by atoms with van der Waals surface area (Å²) < 4.78 is 0. The van der Waals surface area contributed by atoms with Crippen molar-refractivity contribution in [3.63, 3.8) is 0 Å². The second kappa shape index (κ2) is 14.2. The van der Waals surface area contributed by atoms with Crippen molar-refractivity contribution in [3.8, 4) is 0 Å². The summed E-state index contributed by atoms with van der Waals surface area (Å²) in [5.41, 5.74) is 1.60. The molecule has 0 spiro atoms. The summed E-state index contributed by atoms with van der Waals surface area (Å²) in [7, 11) is 0. The van der Waals surface area contributed by atoms with Gasteiger partial charge in [-0.2, -0.15) is 0 Å². The lowest BCUT2D eigenvalue weighted by molar-refractivity contribution is 0.0994. The zero-order valence-electron chi connectivity index (χ0n) is 12.9. The van der Waals surface area contributed by atoms with Crippen LogP contribution in [0, 0.1) is 0 Å². The van der Waals surface area contributed by atoms with E-state index in [4.69, 9.17) is 0 Å². The molecular formula is C17H27NO. The highest BCUT2D eigenvalue weighted by molar-refractivity contribution is 5.97. The van der Waals surface area contributed by atoms with Crippen LogP contribution < -0.4 is 5.32 Å². The molecule has 1 aromatic rings. The van der Waals surface area contributed by atoms with Crippen LogP contribution in [0.15, 0.2) is 54.8 Å². The molecule has 19 heavy (non-hydrogen) atoms. The Kier molecular flexibility index (Phi) is 14.6. The minimum Gasteiger partial charge on any atom is -0.378 e. The Hall–Kier alpha value is -1.83. The number of nitrogens with one attached hydrogen (secondary N) is 1. The van der Waals surface area contributed by atoms with Crippen molar-refractivity contribution in [1.82, 2.24) is 5.32 Å². The third kappa shape index (κ3) is 8.83. The predicted molar refractivity (Wildman–Crippen MR) is 85.4 cm³/mol. The lowest BCUT2D eigenvalue weighted by Gasteiger charge is -2.05. The van der Waals surface area contributed by atoms with Crippen molar-refractivity contribution in [2.45, 2.75) is 34.6 Å². The summed E-state index contributed by atoms with van der Waals surface area (Å²) in [6.07, 6.45) is 3.57. The summed E-state index contributed by atoms with van der Waals surface area (Å²) in [5.74, 6) is 0.0804. The van der Waals surface area contributed by atoms with E-state index in [0.717, 1.165) is 11.3 Å². The molecule has 1 aromatic carbocycles. The molecule has 0 heterocycles. The van der Waals surface area contributed by atoms with E-state index in [1.165, 1.54) is 0 Å². The van der Waals surface area contributed by atoms with Crippen molar-refractivity contribution in [3.05, 3.63) is 60.3 Å². The van der Waals surface area contributed by atoms with Gasteiger partial charge in [-0.3, -0.25) is 4.79 Å². The number of benzene rings is 1. The number of hydrogen-bond acceptors (Lipinski definition) is 2. The minimum atomic E-state index is 0.0804. The molecule has 0 saturated carbocycles. The van der Waals surface area contributed by atoms with Gasteiger partial charge >= 0.3 is 0 Å². The minimum absolute atomic E-state index is 0.0804. The molecule has 2 nitrogen and oxygen atoms in total. The van der Waals surface area contributed by atoms with Crippen LogP contribution in [-0.2, 0) is 0 Å². The monoisotopic (exact) mass is 261 g/mol. The highest BCUT2D eigenvalue weighted by atomic mass is 16.1. The van der Waals surface area contributed by atoms with E-state index < -0.39 is 0 Å². The molecule has 1 rings (SSSR count). The number of allylic oxidation sites excluding steroid dienone is 2. The summed E-state index contributed by atoms with van der Waals surface area (Å²) in [5, 5.41) is 3.01. The second-order valence-corrected chi connectivity index (χ2v) is 3.09. The van der Waals surface area contributed by atoms with Crippen molar-refractivity contribution < 1.29 is 4.79 Å². The van der Waals surface area contributed by atoms with Gasteiger partial charge in [0, 0.05) is 11.3 Å². The molecule has 0 unspecified atom stereocenters. The second-order valence-electron chi connectivity index (χ2n) is 3.09. The van der Waals surface area contributed by atoms with Crippen molar-refractivity contribution in [1.29, 1.82) is 0 Å². The van der Waals surface area contributed by atoms with Crippen molar-refractivity contribution in [2.24, 2.45) is 0 Å². The first-order valence-electron chi connectivity index (χ1n) is 6.88. The fourth-order valence-electron chi connectivity index (χ4n) is 1.20. The third-order valence-electron chi connectivity index (χ3n) is 2.08. The topological polar surface area (TPSA) is 29.1 Å². The highest BCUT2D eigenvalue weighted by Gasteiger charge is 2.03. The van der Waals surface area contributed by atoms with Crippen LogP contribution >= 0.6 is 0 Å². The molecule has 0 saturated heterocycles. The van der Waals surface area contributed by atoms with Crippen LogP contribution in [0.2, 0.25) is 0 Å². The Balaban J connectivity index is 0. The summed E-state index contributed by atoms with van der Waals surface area (Å²) in [6, 6.07) is 9.24. The van der Waals surface area contributed by atoms with E-state index in [-0.39, 0.29) is 5.78 Å². The predicted octanol–water partition coefficient (Wildman–Crippen LogP) is 4.60. The molecule has 1 N–H and O–H groups in total. The van der Waals surface area contributed by atoms with Crippen LogP contribution in [0.1, 0.15) is 45.0 Å². The summed E-state index contributed by atoms with van der Waals surface area (Å²) >= 11 is 0. The number of ketones is 1. The zero-order chi connectivity index (χ0) is 15.1. The third-order valence-corrected chi connectivity index (χ3v) is 2.08. The maximum atomic E-state index is 11.7. The Morgan fingerprint density at radius 1 is 1.16 bits per heavy atom. The van der Waals surface area contributed by atoms with Gasteiger partial charge in [0.15, 0.2) is 5.78 Å². The average molecular weight is 261 g/mol. The van der Waals surface area contributed by atoms with Crippen LogP contribution in [0.25, 0.3) is 0 Å². The molecule has 0 amide bonds. The standard InChI is InChI=1S/C13H15NO.2C2H6/c1-3-12(4-2)14-10-13(15)11-8-6-5-7-9-11;2*1-2/h3-9,14H,1,10H2,2H3;2*1-2H3/b12-4+;;. The molecular weight excluding hydrogens is 234 g/mol. The van der Waals surface area contributed by atoms with Crippen LogP contribution in [0.4, 0.5) is 0 Å². The molecule has 0 fully saturated rings. The molecule has 0 bridgehead atoms. The Bertz CT molecular complexity index is 366. The van der Waals surface area contributed by atoms with E-state index in [0.29, 0.717) is 6.54 Å². The van der Waals surface area contributed by atoms with Gasteiger partial charge in [0.2, 0.25) is 0 Å². The maximum Gasteiger partial charge on any atom is 0.181 e. The number of carbonyl (C=O) groups excluding carboxylic acids is 1. The Morgan fingerprint density at radius 2 is 1.68 bits per heavy atom. The quantitative estimate of drug-likeness (QED) is 0.620. The zero-order valence-corrected chi connectivity index (χ0v) is 12.9. The first kappa shape index (κ1) is 19.5. The van der Waals surface area contributed by atoms with E-state index in [9.17, 15) is 4.79 Å². The van der Waals surface area contributed by atoms with E-state index in [1.807, 2.05) is 71.0 Å². The van der Waals surface area contributed by atoms with Crippen LogP contribution in [0.5, 0.6) is 0 Å². The van der Waals surface area contributed by atoms with Crippen molar-refractivity contribution >= 4 is 5.78 Å². The Labute approximate surface area is 118 Å². The molecule has 0 radical (unpaired) electrons. The first-order chi connectivity index (χ1) is 9.27. The molecule has 0 aliphatic rings. The summed E-state index contributed by atoms with van der Waals surface area (Å²) in [4.78, 5) is 11.7. The molecule has 0 aliphatic heterocycles.